The summed E-state index contributed by atoms with van der Waals surface area (Å²) in [5, 5.41) is 0.583. The molecule has 0 bridgehead atoms. The number of aryl methyl sites for hydroxylation is 2. The second-order valence-corrected chi connectivity index (χ2v) is 7.32. The van der Waals surface area contributed by atoms with Crippen LogP contribution in [0.4, 0.5) is 0 Å². The fourth-order valence-electron chi connectivity index (χ4n) is 3.82. The summed E-state index contributed by atoms with van der Waals surface area (Å²) in [6, 6.07) is 11.4. The van der Waals surface area contributed by atoms with Gasteiger partial charge in [0.25, 0.3) is 11.5 Å². The van der Waals surface area contributed by atoms with Gasteiger partial charge >= 0.3 is 0 Å². The van der Waals surface area contributed by atoms with Gasteiger partial charge < -0.3 is 14.6 Å². The maximum absolute atomic E-state index is 12.6. The van der Waals surface area contributed by atoms with Crippen LogP contribution in [0.3, 0.4) is 0 Å². The zero-order chi connectivity index (χ0) is 19.7. The van der Waals surface area contributed by atoms with Crippen molar-refractivity contribution in [3.05, 3.63) is 69.8 Å². The van der Waals surface area contributed by atoms with E-state index >= 15 is 0 Å². The molecule has 3 heterocycles. The normalized spacial score (nSPS) is 16.5. The standard InChI is InChI=1S/C22H23N3O3/c1-14-5-3-6-15(2)21(14)28-13-20(26)25-10-8-16(12-25)18-11-19-17(22(27)24-18)7-4-9-23-19/h3-7,9,11,16H,8,10,12-13H2,1-2H3,(H,24,27). The Morgan fingerprint density at radius 2 is 2.04 bits per heavy atom. The Hall–Kier alpha value is -3.15. The van der Waals surface area contributed by atoms with E-state index in [1.165, 1.54) is 0 Å². The minimum atomic E-state index is -0.135. The monoisotopic (exact) mass is 377 g/mol. The second-order valence-electron chi connectivity index (χ2n) is 7.32. The van der Waals surface area contributed by atoms with Gasteiger partial charge in [-0.05, 0) is 49.6 Å². The molecule has 0 radical (unpaired) electrons. The molecule has 1 saturated heterocycles. The Morgan fingerprint density at radius 3 is 2.82 bits per heavy atom. The van der Waals surface area contributed by atoms with Crippen LogP contribution in [-0.2, 0) is 4.79 Å². The van der Waals surface area contributed by atoms with Crippen molar-refractivity contribution in [3.8, 4) is 5.75 Å². The van der Waals surface area contributed by atoms with Crippen LogP contribution in [0.5, 0.6) is 5.75 Å². The van der Waals surface area contributed by atoms with Crippen molar-refractivity contribution >= 4 is 16.8 Å². The van der Waals surface area contributed by atoms with Crippen LogP contribution >= 0.6 is 0 Å². The van der Waals surface area contributed by atoms with E-state index in [4.69, 9.17) is 4.74 Å². The zero-order valence-corrected chi connectivity index (χ0v) is 16.1. The number of benzene rings is 1. The van der Waals surface area contributed by atoms with Gasteiger partial charge in [-0.1, -0.05) is 18.2 Å². The molecule has 6 heteroatoms. The first-order valence-corrected chi connectivity index (χ1v) is 9.47. The number of para-hydroxylation sites is 1. The number of fused-ring (bicyclic) bond motifs is 1. The van der Waals surface area contributed by atoms with E-state index in [1.54, 1.807) is 23.2 Å². The fraction of sp³-hybridized carbons (Fsp3) is 0.318. The van der Waals surface area contributed by atoms with Crippen LogP contribution in [0.1, 0.15) is 29.2 Å². The van der Waals surface area contributed by atoms with Crippen molar-refractivity contribution in [2.75, 3.05) is 19.7 Å². The quantitative estimate of drug-likeness (QED) is 0.759. The lowest BCUT2D eigenvalue weighted by Crippen LogP contribution is -2.33. The molecule has 1 N–H and O–H groups in total. The molecule has 1 atom stereocenters. The van der Waals surface area contributed by atoms with Gasteiger partial charge in [-0.25, -0.2) is 0 Å². The highest BCUT2D eigenvalue weighted by atomic mass is 16.5. The van der Waals surface area contributed by atoms with E-state index in [2.05, 4.69) is 9.97 Å². The van der Waals surface area contributed by atoms with Crippen LogP contribution in [-0.4, -0.2) is 40.5 Å². The van der Waals surface area contributed by atoms with Crippen LogP contribution in [0.2, 0.25) is 0 Å². The van der Waals surface area contributed by atoms with Gasteiger partial charge in [-0.15, -0.1) is 0 Å². The van der Waals surface area contributed by atoms with Crippen molar-refractivity contribution in [2.24, 2.45) is 0 Å². The number of nitrogens with one attached hydrogen (secondary N) is 1. The van der Waals surface area contributed by atoms with Crippen molar-refractivity contribution in [1.29, 1.82) is 0 Å². The average molecular weight is 377 g/mol. The number of amides is 1. The first kappa shape index (κ1) is 18.2. The number of likely N-dealkylation sites (tertiary alicyclic amines) is 1. The van der Waals surface area contributed by atoms with E-state index in [9.17, 15) is 9.59 Å². The van der Waals surface area contributed by atoms with E-state index < -0.39 is 0 Å². The molecule has 0 aliphatic carbocycles. The van der Waals surface area contributed by atoms with E-state index in [-0.39, 0.29) is 24.0 Å². The smallest absolute Gasteiger partial charge is 0.260 e. The Morgan fingerprint density at radius 1 is 1.25 bits per heavy atom. The molecular weight excluding hydrogens is 354 g/mol. The minimum absolute atomic E-state index is 0.0220. The van der Waals surface area contributed by atoms with Crippen molar-refractivity contribution in [1.82, 2.24) is 14.9 Å². The third kappa shape index (κ3) is 3.50. The second kappa shape index (κ2) is 7.46. The van der Waals surface area contributed by atoms with Gasteiger partial charge in [-0.3, -0.25) is 14.6 Å². The molecule has 28 heavy (non-hydrogen) atoms. The highest BCUT2D eigenvalue weighted by Crippen LogP contribution is 2.27. The summed E-state index contributed by atoms with van der Waals surface area (Å²) < 4.78 is 5.80. The summed E-state index contributed by atoms with van der Waals surface area (Å²) in [6.07, 6.45) is 2.49. The number of hydrogen-bond donors (Lipinski definition) is 1. The molecule has 2 aromatic heterocycles. The Balaban J connectivity index is 1.44. The number of nitrogens with zero attached hydrogens (tertiary/aromatic N) is 2. The van der Waals surface area contributed by atoms with Gasteiger partial charge in [0.1, 0.15) is 5.75 Å². The van der Waals surface area contributed by atoms with E-state index in [0.717, 1.165) is 29.0 Å². The summed E-state index contributed by atoms with van der Waals surface area (Å²) in [6.45, 7) is 5.20. The molecule has 1 unspecified atom stereocenters. The number of pyridine rings is 2. The maximum Gasteiger partial charge on any atom is 0.260 e. The molecule has 6 nitrogen and oxygen atoms in total. The molecule has 4 rings (SSSR count). The number of rotatable bonds is 4. The fourth-order valence-corrected chi connectivity index (χ4v) is 3.82. The number of H-pyrrole nitrogens is 1. The minimum Gasteiger partial charge on any atom is -0.483 e. The van der Waals surface area contributed by atoms with Crippen LogP contribution in [0.25, 0.3) is 10.9 Å². The molecule has 1 aliphatic heterocycles. The number of carbonyl (C=O) groups excluding carboxylic acids is 1. The maximum atomic E-state index is 12.6. The van der Waals surface area contributed by atoms with Crippen molar-refractivity contribution in [3.63, 3.8) is 0 Å². The van der Waals surface area contributed by atoms with E-state index in [0.29, 0.717) is 24.0 Å². The third-order valence-corrected chi connectivity index (χ3v) is 5.36. The van der Waals surface area contributed by atoms with Crippen molar-refractivity contribution < 1.29 is 9.53 Å². The van der Waals surface area contributed by atoms with Crippen LogP contribution in [0.15, 0.2) is 47.4 Å². The van der Waals surface area contributed by atoms with E-state index in [1.807, 2.05) is 38.1 Å². The highest BCUT2D eigenvalue weighted by Gasteiger charge is 2.28. The molecule has 1 aromatic carbocycles. The van der Waals surface area contributed by atoms with Gasteiger partial charge in [0.05, 0.1) is 10.9 Å². The molecule has 1 amide bonds. The van der Waals surface area contributed by atoms with Crippen molar-refractivity contribution in [2.45, 2.75) is 26.2 Å². The number of ether oxygens (including phenoxy) is 1. The van der Waals surface area contributed by atoms with Gasteiger partial charge in [0.15, 0.2) is 6.61 Å². The third-order valence-electron chi connectivity index (χ3n) is 5.36. The molecule has 0 spiro atoms. The number of aromatic nitrogens is 2. The van der Waals surface area contributed by atoms with Crippen LogP contribution in [0, 0.1) is 13.8 Å². The summed E-state index contributed by atoms with van der Waals surface area (Å²) in [4.78, 5) is 34.0. The zero-order valence-electron chi connectivity index (χ0n) is 16.1. The van der Waals surface area contributed by atoms with Gasteiger partial charge in [0, 0.05) is 30.9 Å². The van der Waals surface area contributed by atoms with Crippen LogP contribution < -0.4 is 10.3 Å². The summed E-state index contributed by atoms with van der Waals surface area (Å²) in [7, 11) is 0. The predicted molar refractivity (Wildman–Crippen MR) is 108 cm³/mol. The highest BCUT2D eigenvalue weighted by molar-refractivity contribution is 5.79. The summed E-state index contributed by atoms with van der Waals surface area (Å²) in [5.41, 5.74) is 3.43. The Labute approximate surface area is 163 Å². The Kier molecular flexibility index (Phi) is 4.86. The molecule has 1 aliphatic rings. The first-order chi connectivity index (χ1) is 13.5. The molecule has 0 saturated carbocycles. The first-order valence-electron chi connectivity index (χ1n) is 9.47. The largest absolute Gasteiger partial charge is 0.483 e. The lowest BCUT2D eigenvalue weighted by Gasteiger charge is -2.18. The Bertz CT molecular complexity index is 1070. The summed E-state index contributed by atoms with van der Waals surface area (Å²) >= 11 is 0. The van der Waals surface area contributed by atoms with Gasteiger partial charge in [-0.2, -0.15) is 0 Å². The number of aromatic amines is 1. The average Bonchev–Trinajstić information content (AvgIpc) is 3.18. The lowest BCUT2D eigenvalue weighted by atomic mass is 10.0. The number of hydrogen-bond acceptors (Lipinski definition) is 4. The molecule has 3 aromatic rings. The molecular formula is C22H23N3O3. The number of carbonyl (C=O) groups is 1. The lowest BCUT2D eigenvalue weighted by molar-refractivity contribution is -0.132. The SMILES string of the molecule is Cc1cccc(C)c1OCC(=O)N1CCC(c2cc3ncccc3c(=O)[nH]2)C1. The van der Waals surface area contributed by atoms with Gasteiger partial charge in [0.2, 0.25) is 0 Å². The predicted octanol–water partition coefficient (Wildman–Crippen LogP) is 2.93. The molecule has 144 valence electrons. The summed E-state index contributed by atoms with van der Waals surface area (Å²) in [5.74, 6) is 0.839. The topological polar surface area (TPSA) is 75.3 Å². The molecule has 1 fully saturated rings.